The monoisotopic (exact) mass is 811 g/mol. The maximum Gasteiger partial charge on any atom is 0.472 e. The number of esters is 1. The third-order valence-electron chi connectivity index (χ3n) is 9.59. The van der Waals surface area contributed by atoms with E-state index in [1.807, 2.05) is 21.1 Å². The molecule has 0 amide bonds. The van der Waals surface area contributed by atoms with Crippen molar-refractivity contribution in [3.63, 3.8) is 0 Å². The third-order valence-corrected chi connectivity index (χ3v) is 10.6. The van der Waals surface area contributed by atoms with Gasteiger partial charge in [-0.2, -0.15) is 0 Å². The van der Waals surface area contributed by atoms with Crippen LogP contribution in [0, 0.1) is 0 Å². The van der Waals surface area contributed by atoms with Crippen LogP contribution in [0.25, 0.3) is 0 Å². The lowest BCUT2D eigenvalue weighted by Crippen LogP contribution is -2.37. The summed E-state index contributed by atoms with van der Waals surface area (Å²) in [6, 6.07) is 0. The number of phosphoric acid groups is 1. The minimum atomic E-state index is -4.28. The molecule has 0 aliphatic rings. The molecule has 0 heterocycles. The van der Waals surface area contributed by atoms with Gasteiger partial charge in [-0.05, 0) is 70.6 Å². The maximum atomic E-state index is 12.7. The number of unbranched alkanes of at least 4 members (excludes halogenated alkanes) is 20. The van der Waals surface area contributed by atoms with Gasteiger partial charge < -0.3 is 18.9 Å². The summed E-state index contributed by atoms with van der Waals surface area (Å²) >= 11 is 0. The molecule has 1 N–H and O–H groups in total. The molecule has 0 aliphatic heterocycles. The van der Waals surface area contributed by atoms with Crippen LogP contribution in [-0.4, -0.2) is 75.6 Å². The summed E-state index contributed by atoms with van der Waals surface area (Å²) in [5, 5.41) is 0. The largest absolute Gasteiger partial charge is 0.472 e. The molecule has 0 rings (SSSR count). The smallest absolute Gasteiger partial charge is 0.457 e. The highest BCUT2D eigenvalue weighted by Gasteiger charge is 2.26. The molecule has 0 saturated carbocycles. The molecule has 0 aromatic carbocycles. The van der Waals surface area contributed by atoms with Gasteiger partial charge in [-0.3, -0.25) is 13.8 Å². The summed E-state index contributed by atoms with van der Waals surface area (Å²) in [7, 11) is 1.65. The Morgan fingerprint density at radius 2 is 1.02 bits per heavy atom. The molecular formula is C47H89NO7P+. The first-order chi connectivity index (χ1) is 27.1. The second-order valence-corrected chi connectivity index (χ2v) is 17.9. The van der Waals surface area contributed by atoms with E-state index in [0.717, 1.165) is 51.4 Å². The van der Waals surface area contributed by atoms with Crippen LogP contribution in [0.1, 0.15) is 187 Å². The molecule has 9 heteroatoms. The van der Waals surface area contributed by atoms with E-state index in [1.165, 1.54) is 116 Å². The number of ether oxygens (including phenoxy) is 2. The molecule has 0 saturated heterocycles. The van der Waals surface area contributed by atoms with Crippen LogP contribution in [-0.2, 0) is 27.9 Å². The number of allylic oxidation sites excluding steroid dienone is 8. The minimum absolute atomic E-state index is 0.0844. The average Bonchev–Trinajstić information content (AvgIpc) is 3.15. The van der Waals surface area contributed by atoms with Crippen molar-refractivity contribution in [1.82, 2.24) is 0 Å². The predicted molar refractivity (Wildman–Crippen MR) is 238 cm³/mol. The number of likely N-dealkylation sites (N-methyl/N-ethyl adjacent to an activating group) is 1. The van der Waals surface area contributed by atoms with Gasteiger partial charge in [0.05, 0.1) is 34.4 Å². The van der Waals surface area contributed by atoms with Crippen LogP contribution in [0.15, 0.2) is 48.6 Å². The van der Waals surface area contributed by atoms with E-state index in [1.54, 1.807) is 0 Å². The molecule has 8 nitrogen and oxygen atoms in total. The molecular weight excluding hydrogens is 721 g/mol. The van der Waals surface area contributed by atoms with Crippen molar-refractivity contribution in [2.75, 3.05) is 54.1 Å². The Hall–Kier alpha value is -1.54. The van der Waals surface area contributed by atoms with Crippen molar-refractivity contribution in [2.45, 2.75) is 193 Å². The number of hydrogen-bond donors (Lipinski definition) is 1. The highest BCUT2D eigenvalue weighted by atomic mass is 31.2. The molecule has 0 radical (unpaired) electrons. The van der Waals surface area contributed by atoms with Crippen molar-refractivity contribution in [3.05, 3.63) is 48.6 Å². The standard InChI is InChI=1S/C47H88NO7P/c1-6-8-10-12-14-16-18-19-20-21-22-23-24-25-26-27-28-29-30-32-34-36-38-40-47(49)55-46(45-54-56(50,51)53-43-41-48(3,4)5)44-52-42-39-37-35-33-31-17-15-13-11-9-7-2/h11,13,18-19,21-22,24-25,46H,6-10,12,14-17,20,23,26-45H2,1-5H3/p+1/b13-11-,19-18-,22-21-,25-24-. The summed E-state index contributed by atoms with van der Waals surface area (Å²) in [5.74, 6) is -0.325. The Morgan fingerprint density at radius 3 is 1.55 bits per heavy atom. The van der Waals surface area contributed by atoms with Gasteiger partial charge in [0, 0.05) is 13.0 Å². The number of phosphoric ester groups is 1. The van der Waals surface area contributed by atoms with Crippen LogP contribution >= 0.6 is 7.82 Å². The molecule has 56 heavy (non-hydrogen) atoms. The Kier molecular flexibility index (Phi) is 39.1. The first kappa shape index (κ1) is 54.5. The number of quaternary nitrogens is 1. The van der Waals surface area contributed by atoms with Crippen LogP contribution in [0.4, 0.5) is 0 Å². The first-order valence-corrected chi connectivity index (χ1v) is 24.4. The van der Waals surface area contributed by atoms with Crippen molar-refractivity contribution in [1.29, 1.82) is 0 Å². The quantitative estimate of drug-likeness (QED) is 0.0216. The second kappa shape index (κ2) is 40.2. The SMILES string of the molecule is CCC/C=C\CCCCCCCCOCC(COP(=O)(O)OCC[N+](C)(C)C)OC(=O)CCCCCCCCCC/C=C\C/C=C\C/C=C\CCCCCCC. The van der Waals surface area contributed by atoms with E-state index in [2.05, 4.69) is 62.5 Å². The molecule has 0 spiro atoms. The van der Waals surface area contributed by atoms with Gasteiger partial charge in [-0.15, -0.1) is 0 Å². The maximum absolute atomic E-state index is 12.7. The summed E-state index contributed by atoms with van der Waals surface area (Å²) < 4.78 is 35.0. The summed E-state index contributed by atoms with van der Waals surface area (Å²) in [5.41, 5.74) is 0. The number of nitrogens with zero attached hydrogens (tertiary/aromatic N) is 1. The van der Waals surface area contributed by atoms with Crippen LogP contribution in [0.3, 0.4) is 0 Å². The topological polar surface area (TPSA) is 91.3 Å². The zero-order valence-corrected chi connectivity index (χ0v) is 38.0. The van der Waals surface area contributed by atoms with E-state index >= 15 is 0 Å². The fourth-order valence-corrected chi connectivity index (χ4v) is 6.77. The number of rotatable bonds is 42. The first-order valence-electron chi connectivity index (χ1n) is 22.9. The Morgan fingerprint density at radius 1 is 0.554 bits per heavy atom. The van der Waals surface area contributed by atoms with Crippen molar-refractivity contribution < 1.29 is 37.3 Å². The van der Waals surface area contributed by atoms with Crippen LogP contribution in [0.5, 0.6) is 0 Å². The molecule has 0 fully saturated rings. The van der Waals surface area contributed by atoms with Gasteiger partial charge >= 0.3 is 13.8 Å². The molecule has 0 aromatic heterocycles. The molecule has 2 unspecified atom stereocenters. The highest BCUT2D eigenvalue weighted by Crippen LogP contribution is 2.43. The fourth-order valence-electron chi connectivity index (χ4n) is 6.03. The Labute approximate surface area is 346 Å². The zero-order valence-electron chi connectivity index (χ0n) is 37.1. The van der Waals surface area contributed by atoms with Gasteiger partial charge in [-0.1, -0.05) is 159 Å². The van der Waals surface area contributed by atoms with Crippen molar-refractivity contribution in [2.24, 2.45) is 0 Å². The van der Waals surface area contributed by atoms with Crippen molar-refractivity contribution in [3.8, 4) is 0 Å². The van der Waals surface area contributed by atoms with Gasteiger partial charge in [0.1, 0.15) is 19.3 Å². The molecule has 328 valence electrons. The van der Waals surface area contributed by atoms with Gasteiger partial charge in [0.2, 0.25) is 0 Å². The summed E-state index contributed by atoms with van der Waals surface area (Å²) in [6.07, 6.45) is 48.6. The highest BCUT2D eigenvalue weighted by molar-refractivity contribution is 7.47. The fraction of sp³-hybridized carbons (Fsp3) is 0.809. The lowest BCUT2D eigenvalue weighted by Gasteiger charge is -2.24. The van der Waals surface area contributed by atoms with Gasteiger partial charge in [0.15, 0.2) is 0 Å². The van der Waals surface area contributed by atoms with E-state index in [4.69, 9.17) is 18.5 Å². The van der Waals surface area contributed by atoms with E-state index < -0.39 is 13.9 Å². The Bertz CT molecular complexity index is 1040. The summed E-state index contributed by atoms with van der Waals surface area (Å²) in [4.78, 5) is 22.9. The number of carbonyl (C=O) groups is 1. The summed E-state index contributed by atoms with van der Waals surface area (Å²) in [6.45, 7) is 5.53. The van der Waals surface area contributed by atoms with E-state index in [9.17, 15) is 14.3 Å². The predicted octanol–water partition coefficient (Wildman–Crippen LogP) is 13.6. The van der Waals surface area contributed by atoms with Crippen molar-refractivity contribution >= 4 is 13.8 Å². The third kappa shape index (κ3) is 43.6. The van der Waals surface area contributed by atoms with E-state index in [-0.39, 0.29) is 25.8 Å². The lowest BCUT2D eigenvalue weighted by atomic mass is 10.1. The number of hydrogen-bond acceptors (Lipinski definition) is 6. The minimum Gasteiger partial charge on any atom is -0.457 e. The van der Waals surface area contributed by atoms with Crippen LogP contribution < -0.4 is 0 Å². The molecule has 0 bridgehead atoms. The molecule has 0 aliphatic carbocycles. The average molecular weight is 811 g/mol. The molecule has 2 atom stereocenters. The lowest BCUT2D eigenvalue weighted by molar-refractivity contribution is -0.870. The zero-order chi connectivity index (χ0) is 41.3. The van der Waals surface area contributed by atoms with Crippen LogP contribution in [0.2, 0.25) is 0 Å². The number of carbonyl (C=O) groups excluding carboxylic acids is 1. The molecule has 0 aromatic rings. The second-order valence-electron chi connectivity index (χ2n) is 16.4. The van der Waals surface area contributed by atoms with E-state index in [0.29, 0.717) is 24.1 Å². The van der Waals surface area contributed by atoms with Gasteiger partial charge in [0.25, 0.3) is 0 Å². The normalized spacial score (nSPS) is 14.2. The van der Waals surface area contributed by atoms with Gasteiger partial charge in [-0.25, -0.2) is 4.57 Å². The Balaban J connectivity index is 4.16.